The number of nitrogens with zero attached hydrogens (tertiary/aromatic N) is 2. The molecular weight excluding hydrogens is 371 g/mol. The summed E-state index contributed by atoms with van der Waals surface area (Å²) in [6.45, 7) is -0.235. The Morgan fingerprint density at radius 1 is 1.50 bits per heavy atom. The van der Waals surface area contributed by atoms with Crippen molar-refractivity contribution in [3.63, 3.8) is 0 Å². The van der Waals surface area contributed by atoms with Crippen LogP contribution < -0.4 is 4.74 Å². The summed E-state index contributed by atoms with van der Waals surface area (Å²) >= 11 is 10.3. The van der Waals surface area contributed by atoms with Gasteiger partial charge in [0.05, 0.1) is 16.1 Å². The van der Waals surface area contributed by atoms with E-state index in [-0.39, 0.29) is 23.3 Å². The fourth-order valence-electron chi connectivity index (χ4n) is 1.72. The van der Waals surface area contributed by atoms with Gasteiger partial charge in [-0.05, 0) is 22.0 Å². The van der Waals surface area contributed by atoms with Gasteiger partial charge in [0.15, 0.2) is 4.96 Å². The van der Waals surface area contributed by atoms with E-state index in [9.17, 15) is 9.50 Å². The van der Waals surface area contributed by atoms with Crippen LogP contribution in [-0.2, 0) is 6.61 Å². The maximum absolute atomic E-state index is 13.5. The van der Waals surface area contributed by atoms with E-state index < -0.39 is 5.82 Å². The average Bonchev–Trinajstić information content (AvgIpc) is 2.96. The summed E-state index contributed by atoms with van der Waals surface area (Å²) in [7, 11) is 0. The molecule has 2 heterocycles. The van der Waals surface area contributed by atoms with Crippen molar-refractivity contribution in [3.8, 4) is 11.6 Å². The van der Waals surface area contributed by atoms with Crippen molar-refractivity contribution >= 4 is 43.8 Å². The van der Waals surface area contributed by atoms with Crippen LogP contribution in [0.5, 0.6) is 11.6 Å². The van der Waals surface area contributed by atoms with E-state index in [1.807, 2.05) is 5.38 Å². The maximum atomic E-state index is 13.5. The van der Waals surface area contributed by atoms with E-state index in [0.717, 1.165) is 0 Å². The Balaban J connectivity index is 2.05. The fourth-order valence-corrected chi connectivity index (χ4v) is 3.17. The van der Waals surface area contributed by atoms with E-state index >= 15 is 0 Å². The largest absolute Gasteiger partial charge is 0.436 e. The second-order valence-electron chi connectivity index (χ2n) is 3.88. The van der Waals surface area contributed by atoms with Crippen molar-refractivity contribution in [2.75, 3.05) is 0 Å². The number of rotatable bonds is 3. The molecule has 0 aliphatic rings. The highest BCUT2D eigenvalue weighted by molar-refractivity contribution is 9.10. The highest BCUT2D eigenvalue weighted by Crippen LogP contribution is 2.35. The lowest BCUT2D eigenvalue weighted by Crippen LogP contribution is -1.94. The van der Waals surface area contributed by atoms with Crippen LogP contribution in [0.3, 0.4) is 0 Å². The molecule has 0 bridgehead atoms. The van der Waals surface area contributed by atoms with Crippen molar-refractivity contribution < 1.29 is 14.2 Å². The van der Waals surface area contributed by atoms with Crippen molar-refractivity contribution in [2.24, 2.45) is 0 Å². The predicted molar refractivity (Wildman–Crippen MR) is 78.2 cm³/mol. The number of aromatic nitrogens is 2. The molecule has 8 heteroatoms. The van der Waals surface area contributed by atoms with Crippen LogP contribution >= 0.6 is 38.9 Å². The summed E-state index contributed by atoms with van der Waals surface area (Å²) in [6, 6.07) is 2.57. The lowest BCUT2D eigenvalue weighted by Gasteiger charge is -2.07. The molecule has 0 fully saturated rings. The molecule has 0 unspecified atom stereocenters. The van der Waals surface area contributed by atoms with Gasteiger partial charge in [0.2, 0.25) is 5.88 Å². The number of ether oxygens (including phenoxy) is 1. The number of fused-ring (bicyclic) bond motifs is 1. The van der Waals surface area contributed by atoms with Crippen LogP contribution in [-0.4, -0.2) is 14.5 Å². The van der Waals surface area contributed by atoms with E-state index in [4.69, 9.17) is 16.3 Å². The van der Waals surface area contributed by atoms with Gasteiger partial charge in [-0.2, -0.15) is 4.98 Å². The Kier molecular flexibility index (Phi) is 3.68. The van der Waals surface area contributed by atoms with Gasteiger partial charge in [-0.25, -0.2) is 4.39 Å². The third kappa shape index (κ3) is 2.31. The zero-order valence-corrected chi connectivity index (χ0v) is 13.0. The SMILES string of the molecule is OCc1c(Oc2cc(F)c(Cl)cc2Br)nc2sccn12. The van der Waals surface area contributed by atoms with Gasteiger partial charge < -0.3 is 9.84 Å². The lowest BCUT2D eigenvalue weighted by atomic mass is 10.3. The third-order valence-corrected chi connectivity index (χ3v) is 4.32. The molecule has 0 aliphatic carbocycles. The number of imidazole rings is 1. The second-order valence-corrected chi connectivity index (χ2v) is 6.01. The topological polar surface area (TPSA) is 46.8 Å². The molecule has 3 aromatic rings. The molecule has 4 nitrogen and oxygen atoms in total. The quantitative estimate of drug-likeness (QED) is 0.695. The summed E-state index contributed by atoms with van der Waals surface area (Å²) in [5.74, 6) is -0.106. The van der Waals surface area contributed by atoms with Crippen LogP contribution in [0.4, 0.5) is 4.39 Å². The molecule has 104 valence electrons. The molecule has 3 rings (SSSR count). The van der Waals surface area contributed by atoms with Gasteiger partial charge in [0, 0.05) is 17.6 Å². The smallest absolute Gasteiger partial charge is 0.244 e. The summed E-state index contributed by atoms with van der Waals surface area (Å²) in [4.78, 5) is 4.94. The molecule has 0 saturated heterocycles. The molecule has 20 heavy (non-hydrogen) atoms. The Morgan fingerprint density at radius 3 is 3.05 bits per heavy atom. The Labute approximate surface area is 130 Å². The first-order valence-corrected chi connectivity index (χ1v) is 7.53. The number of aliphatic hydroxyl groups is 1. The highest BCUT2D eigenvalue weighted by Gasteiger charge is 2.16. The van der Waals surface area contributed by atoms with Crippen LogP contribution in [0.25, 0.3) is 4.96 Å². The van der Waals surface area contributed by atoms with Crippen molar-refractivity contribution in [1.29, 1.82) is 0 Å². The fraction of sp³-hybridized carbons (Fsp3) is 0.0833. The normalized spacial score (nSPS) is 11.2. The van der Waals surface area contributed by atoms with Gasteiger partial charge in [0.25, 0.3) is 0 Å². The zero-order valence-electron chi connectivity index (χ0n) is 9.81. The van der Waals surface area contributed by atoms with Crippen molar-refractivity contribution in [2.45, 2.75) is 6.61 Å². The van der Waals surface area contributed by atoms with E-state index in [2.05, 4.69) is 20.9 Å². The van der Waals surface area contributed by atoms with Crippen LogP contribution in [0.2, 0.25) is 5.02 Å². The average molecular weight is 378 g/mol. The number of hydrogen-bond acceptors (Lipinski definition) is 4. The molecular formula is C12H7BrClFN2O2S. The molecule has 0 atom stereocenters. The van der Waals surface area contributed by atoms with Gasteiger partial charge >= 0.3 is 0 Å². The van der Waals surface area contributed by atoms with Crippen molar-refractivity contribution in [1.82, 2.24) is 9.38 Å². The molecule has 0 amide bonds. The van der Waals surface area contributed by atoms with Gasteiger partial charge in [0.1, 0.15) is 17.3 Å². The third-order valence-electron chi connectivity index (χ3n) is 2.66. The lowest BCUT2D eigenvalue weighted by molar-refractivity contribution is 0.269. The number of aliphatic hydroxyl groups excluding tert-OH is 1. The number of hydrogen-bond donors (Lipinski definition) is 1. The van der Waals surface area contributed by atoms with Gasteiger partial charge in [-0.15, -0.1) is 11.3 Å². The Hall–Kier alpha value is -1.15. The number of benzene rings is 1. The Morgan fingerprint density at radius 2 is 2.30 bits per heavy atom. The minimum atomic E-state index is -0.587. The zero-order chi connectivity index (χ0) is 14.3. The van der Waals surface area contributed by atoms with Crippen LogP contribution in [0, 0.1) is 5.82 Å². The maximum Gasteiger partial charge on any atom is 0.244 e. The highest BCUT2D eigenvalue weighted by atomic mass is 79.9. The Bertz CT molecular complexity index is 789. The minimum absolute atomic E-state index is 0.00238. The first-order chi connectivity index (χ1) is 9.60. The van der Waals surface area contributed by atoms with Crippen LogP contribution in [0.15, 0.2) is 28.2 Å². The molecule has 0 saturated carbocycles. The van der Waals surface area contributed by atoms with E-state index in [0.29, 0.717) is 15.1 Å². The number of halogens is 3. The second kappa shape index (κ2) is 5.33. The number of thiazole rings is 1. The van der Waals surface area contributed by atoms with Gasteiger partial charge in [-0.3, -0.25) is 4.40 Å². The minimum Gasteiger partial charge on any atom is -0.436 e. The molecule has 1 aromatic carbocycles. The van der Waals surface area contributed by atoms with Crippen molar-refractivity contribution in [3.05, 3.63) is 44.7 Å². The van der Waals surface area contributed by atoms with E-state index in [1.54, 1.807) is 10.6 Å². The summed E-state index contributed by atoms with van der Waals surface area (Å²) in [5, 5.41) is 11.3. The summed E-state index contributed by atoms with van der Waals surface area (Å²) < 4.78 is 21.3. The first kappa shape index (κ1) is 13.8. The molecule has 2 aromatic heterocycles. The van der Waals surface area contributed by atoms with Crippen LogP contribution in [0.1, 0.15) is 5.69 Å². The molecule has 1 N–H and O–H groups in total. The first-order valence-electron chi connectivity index (χ1n) is 5.48. The molecule has 0 aliphatic heterocycles. The monoisotopic (exact) mass is 376 g/mol. The summed E-state index contributed by atoms with van der Waals surface area (Å²) in [5.41, 5.74) is 0.503. The molecule has 0 radical (unpaired) electrons. The van der Waals surface area contributed by atoms with Gasteiger partial charge in [-0.1, -0.05) is 11.6 Å². The van der Waals surface area contributed by atoms with E-state index in [1.165, 1.54) is 23.5 Å². The molecule has 0 spiro atoms. The standard InChI is InChI=1S/C12H7BrClFN2O2S/c13-6-3-7(14)8(15)4-10(6)19-11-9(5-18)17-1-2-20-12(17)16-11/h1-4,18H,5H2. The summed E-state index contributed by atoms with van der Waals surface area (Å²) in [6.07, 6.45) is 1.78. The predicted octanol–water partition coefficient (Wildman–Crippen LogP) is 4.24.